The van der Waals surface area contributed by atoms with E-state index in [4.69, 9.17) is 0 Å². The second kappa shape index (κ2) is 11.6. The lowest BCUT2D eigenvalue weighted by Gasteiger charge is -2.09. The van der Waals surface area contributed by atoms with E-state index in [1.165, 1.54) is 37.4 Å². The van der Waals surface area contributed by atoms with E-state index in [1.807, 2.05) is 37.3 Å². The molecule has 1 heterocycles. The van der Waals surface area contributed by atoms with Crippen LogP contribution in [0.2, 0.25) is 0 Å². The van der Waals surface area contributed by atoms with Crippen LogP contribution in [0.4, 0.5) is 5.69 Å². The van der Waals surface area contributed by atoms with E-state index in [9.17, 15) is 4.79 Å². The number of para-hydroxylation sites is 1. The molecule has 0 spiro atoms. The van der Waals surface area contributed by atoms with Gasteiger partial charge in [-0.1, -0.05) is 68.6 Å². The maximum Gasteiger partial charge on any atom is 0.234 e. The van der Waals surface area contributed by atoms with Gasteiger partial charge in [0.25, 0.3) is 0 Å². The Labute approximate surface area is 166 Å². The Kier molecular flexibility index (Phi) is 9.11. The van der Waals surface area contributed by atoms with Crippen molar-refractivity contribution in [3.8, 4) is 0 Å². The third-order valence-corrected chi connectivity index (χ3v) is 5.33. The topological polar surface area (TPSA) is 59.8 Å². The number of nitrogens with zero attached hydrogens (tertiary/aromatic N) is 3. The molecule has 0 radical (unpaired) electrons. The number of aryl methyl sites for hydroxylation is 2. The van der Waals surface area contributed by atoms with Gasteiger partial charge in [0, 0.05) is 18.7 Å². The minimum Gasteiger partial charge on any atom is -0.325 e. The van der Waals surface area contributed by atoms with Crippen LogP contribution in [0, 0.1) is 6.92 Å². The van der Waals surface area contributed by atoms with Crippen molar-refractivity contribution in [2.75, 3.05) is 11.1 Å². The predicted molar refractivity (Wildman–Crippen MR) is 113 cm³/mol. The fourth-order valence-electron chi connectivity index (χ4n) is 2.84. The first-order chi connectivity index (χ1) is 13.2. The molecule has 1 N–H and O–H groups in total. The summed E-state index contributed by atoms with van der Waals surface area (Å²) >= 11 is 1.42. The molecule has 6 heteroatoms. The van der Waals surface area contributed by atoms with Gasteiger partial charge in [-0.25, -0.2) is 0 Å². The lowest BCUT2D eigenvalue weighted by atomic mass is 10.1. The highest BCUT2D eigenvalue weighted by Crippen LogP contribution is 2.20. The van der Waals surface area contributed by atoms with Crippen LogP contribution in [0.5, 0.6) is 0 Å². The molecule has 0 aliphatic rings. The van der Waals surface area contributed by atoms with Gasteiger partial charge < -0.3 is 9.88 Å². The number of amides is 1. The van der Waals surface area contributed by atoms with Gasteiger partial charge in [-0.05, 0) is 25.0 Å². The van der Waals surface area contributed by atoms with Crippen molar-refractivity contribution >= 4 is 23.4 Å². The molecule has 0 aliphatic carbocycles. The van der Waals surface area contributed by atoms with E-state index in [0.29, 0.717) is 12.3 Å². The van der Waals surface area contributed by atoms with E-state index in [-0.39, 0.29) is 5.91 Å². The summed E-state index contributed by atoms with van der Waals surface area (Å²) in [6.45, 7) is 8.70. The van der Waals surface area contributed by atoms with Crippen LogP contribution in [0.1, 0.15) is 50.4 Å². The molecule has 0 atom stereocenters. The molecule has 1 amide bonds. The summed E-state index contributed by atoms with van der Waals surface area (Å²) in [5.74, 6) is 1.25. The second-order valence-electron chi connectivity index (χ2n) is 6.61. The number of rotatable bonds is 12. The average molecular weight is 387 g/mol. The van der Waals surface area contributed by atoms with Gasteiger partial charge in [0.1, 0.15) is 5.82 Å². The van der Waals surface area contributed by atoms with Gasteiger partial charge in [-0.2, -0.15) is 0 Å². The number of unbranched alkanes of at least 4 members (excludes halogenated alkanes) is 4. The van der Waals surface area contributed by atoms with Crippen LogP contribution in [-0.2, 0) is 17.8 Å². The molecule has 146 valence electrons. The van der Waals surface area contributed by atoms with E-state index in [1.54, 1.807) is 0 Å². The molecule has 0 saturated carbocycles. The van der Waals surface area contributed by atoms with Gasteiger partial charge in [-0.3, -0.25) is 4.79 Å². The number of hydrogen-bond acceptors (Lipinski definition) is 4. The van der Waals surface area contributed by atoms with Crippen molar-refractivity contribution < 1.29 is 4.79 Å². The van der Waals surface area contributed by atoms with Crippen molar-refractivity contribution in [3.05, 3.63) is 48.3 Å². The highest BCUT2D eigenvalue weighted by molar-refractivity contribution is 7.99. The molecule has 0 saturated heterocycles. The van der Waals surface area contributed by atoms with Gasteiger partial charge >= 0.3 is 0 Å². The van der Waals surface area contributed by atoms with Crippen LogP contribution >= 0.6 is 11.8 Å². The molecule has 1 aromatic carbocycles. The highest BCUT2D eigenvalue weighted by Gasteiger charge is 2.13. The molecule has 0 unspecified atom stereocenters. The van der Waals surface area contributed by atoms with Crippen LogP contribution in [0.25, 0.3) is 0 Å². The first kappa shape index (κ1) is 21.2. The molecule has 2 aromatic rings. The van der Waals surface area contributed by atoms with Crippen LogP contribution in [0.3, 0.4) is 0 Å². The Bertz CT molecular complexity index is 742. The maximum absolute atomic E-state index is 12.3. The number of thioether (sulfide) groups is 1. The average Bonchev–Trinajstić information content (AvgIpc) is 3.04. The Morgan fingerprint density at radius 2 is 2.00 bits per heavy atom. The second-order valence-corrected chi connectivity index (χ2v) is 7.56. The molecule has 0 bridgehead atoms. The molecule has 0 aliphatic heterocycles. The number of allylic oxidation sites excluding steroid dienone is 1. The lowest BCUT2D eigenvalue weighted by Crippen LogP contribution is -2.15. The summed E-state index contributed by atoms with van der Waals surface area (Å²) in [6.07, 6.45) is 8.91. The Morgan fingerprint density at radius 1 is 1.22 bits per heavy atom. The maximum atomic E-state index is 12.3. The Morgan fingerprint density at radius 3 is 2.74 bits per heavy atom. The lowest BCUT2D eigenvalue weighted by molar-refractivity contribution is -0.113. The zero-order valence-electron chi connectivity index (χ0n) is 16.4. The molecule has 2 rings (SSSR count). The Balaban J connectivity index is 1.90. The number of carbonyl (C=O) groups excluding carboxylic acids is 1. The normalized spacial score (nSPS) is 10.7. The fraction of sp³-hybridized carbons (Fsp3) is 0.476. The quantitative estimate of drug-likeness (QED) is 0.316. The molecule has 1 aromatic heterocycles. The molecule has 5 nitrogen and oxygen atoms in total. The molecule has 27 heavy (non-hydrogen) atoms. The number of benzene rings is 1. The van der Waals surface area contributed by atoms with Gasteiger partial charge in [-0.15, -0.1) is 16.8 Å². The summed E-state index contributed by atoms with van der Waals surface area (Å²) < 4.78 is 2.07. The van der Waals surface area contributed by atoms with Gasteiger partial charge in [0.15, 0.2) is 5.16 Å². The standard InChI is InChI=1S/C21H30N4OS/c1-4-6-7-8-9-14-19-23-24-21(25(19)15-5-2)27-16-20(26)22-18-13-11-10-12-17(18)3/h5,10-13H,2,4,6-9,14-16H2,1,3H3,(H,22,26). The summed E-state index contributed by atoms with van der Waals surface area (Å²) in [4.78, 5) is 12.3. The number of aromatic nitrogens is 3. The van der Waals surface area contributed by atoms with Crippen molar-refractivity contribution in [1.82, 2.24) is 14.8 Å². The monoisotopic (exact) mass is 386 g/mol. The third kappa shape index (κ3) is 6.86. The molecule has 0 fully saturated rings. The van der Waals surface area contributed by atoms with E-state index in [0.717, 1.165) is 35.1 Å². The van der Waals surface area contributed by atoms with Crippen molar-refractivity contribution in [1.29, 1.82) is 0 Å². The highest BCUT2D eigenvalue weighted by atomic mass is 32.2. The predicted octanol–water partition coefficient (Wildman–Crippen LogP) is 5.02. The number of carbonyl (C=O) groups is 1. The summed E-state index contributed by atoms with van der Waals surface area (Å²) in [6, 6.07) is 7.77. The first-order valence-electron chi connectivity index (χ1n) is 9.67. The summed E-state index contributed by atoms with van der Waals surface area (Å²) in [7, 11) is 0. The zero-order valence-corrected chi connectivity index (χ0v) is 17.2. The van der Waals surface area contributed by atoms with Crippen molar-refractivity contribution in [2.24, 2.45) is 0 Å². The first-order valence-corrected chi connectivity index (χ1v) is 10.7. The minimum atomic E-state index is -0.0384. The zero-order chi connectivity index (χ0) is 19.5. The number of nitrogens with one attached hydrogen (secondary N) is 1. The van der Waals surface area contributed by atoms with E-state index in [2.05, 4.69) is 33.6 Å². The SMILES string of the molecule is C=CCn1c(CCCCCCC)nnc1SCC(=O)Nc1ccccc1C. The van der Waals surface area contributed by atoms with Gasteiger partial charge in [0.2, 0.25) is 5.91 Å². The van der Waals surface area contributed by atoms with Gasteiger partial charge in [0.05, 0.1) is 5.75 Å². The molecular weight excluding hydrogens is 356 g/mol. The number of anilines is 1. The van der Waals surface area contributed by atoms with Crippen molar-refractivity contribution in [2.45, 2.75) is 64.1 Å². The van der Waals surface area contributed by atoms with E-state index < -0.39 is 0 Å². The summed E-state index contributed by atoms with van der Waals surface area (Å²) in [5, 5.41) is 12.4. The van der Waals surface area contributed by atoms with Crippen LogP contribution in [-0.4, -0.2) is 26.4 Å². The molecular formula is C21H30N4OS. The van der Waals surface area contributed by atoms with Crippen molar-refractivity contribution in [3.63, 3.8) is 0 Å². The number of hydrogen-bond donors (Lipinski definition) is 1. The smallest absolute Gasteiger partial charge is 0.234 e. The summed E-state index contributed by atoms with van der Waals surface area (Å²) in [5.41, 5.74) is 1.90. The van der Waals surface area contributed by atoms with Crippen LogP contribution < -0.4 is 5.32 Å². The largest absolute Gasteiger partial charge is 0.325 e. The third-order valence-electron chi connectivity index (χ3n) is 4.36. The minimum absolute atomic E-state index is 0.0384. The Hall–Kier alpha value is -2.08. The van der Waals surface area contributed by atoms with E-state index >= 15 is 0 Å². The van der Waals surface area contributed by atoms with Crippen LogP contribution in [0.15, 0.2) is 42.1 Å². The fourth-order valence-corrected chi connectivity index (χ4v) is 3.61.